The second-order valence-electron chi connectivity index (χ2n) is 9.34. The number of benzene rings is 5. The van der Waals surface area contributed by atoms with E-state index in [2.05, 4.69) is 115 Å². The van der Waals surface area contributed by atoms with Crippen molar-refractivity contribution in [2.45, 2.75) is 0 Å². The number of methoxy groups -OCH3 is 2. The van der Waals surface area contributed by atoms with Crippen molar-refractivity contribution in [2.75, 3.05) is 19.5 Å². The molecular weight excluding hydrogens is 652 g/mol. The summed E-state index contributed by atoms with van der Waals surface area (Å²) < 4.78 is 14.1. The number of ether oxygens (including phenoxy) is 2. The molecule has 0 unspecified atom stereocenters. The normalized spacial score (nSPS) is 10.4. The van der Waals surface area contributed by atoms with Gasteiger partial charge >= 0.3 is 0 Å². The Morgan fingerprint density at radius 3 is 2.02 bits per heavy atom. The molecule has 0 amide bonds. The minimum atomic E-state index is 0.727. The van der Waals surface area contributed by atoms with E-state index >= 15 is 0 Å². The number of nitrogens with zero attached hydrogens (tertiary/aromatic N) is 1. The minimum absolute atomic E-state index is 0.727. The predicted octanol–water partition coefficient (Wildman–Crippen LogP) is 10.8. The van der Waals surface area contributed by atoms with Gasteiger partial charge in [-0.2, -0.15) is 0 Å². The number of nitrogens with one attached hydrogen (secondary N) is 1. The Labute approximate surface area is 263 Å². The molecule has 0 bridgehead atoms. The number of para-hydroxylation sites is 4. The molecule has 1 N–H and O–H groups in total. The van der Waals surface area contributed by atoms with Gasteiger partial charge in [0.05, 0.1) is 28.8 Å². The summed E-state index contributed by atoms with van der Waals surface area (Å²) in [6.45, 7) is 0. The topological polar surface area (TPSA) is 35.4 Å². The number of hydrogen-bond acceptors (Lipinski definition) is 3. The lowest BCUT2D eigenvalue weighted by atomic mass is 10.1. The molecule has 0 radical (unpaired) electrons. The Balaban J connectivity index is 0.000000181. The molecule has 0 saturated carbocycles. The van der Waals surface area contributed by atoms with Gasteiger partial charge in [-0.25, -0.2) is 0 Å². The summed E-state index contributed by atoms with van der Waals surface area (Å²) >= 11 is 6.76. The van der Waals surface area contributed by atoms with Gasteiger partial charge in [-0.15, -0.1) is 0 Å². The molecule has 1 aromatic heterocycles. The maximum absolute atomic E-state index is 5.48. The zero-order valence-electron chi connectivity index (χ0n) is 23.3. The van der Waals surface area contributed by atoms with Crippen LogP contribution in [0.1, 0.15) is 5.56 Å². The first kappa shape index (κ1) is 29.2. The number of fused-ring (bicyclic) bond motifs is 1. The van der Waals surface area contributed by atoms with Gasteiger partial charge in [0.25, 0.3) is 0 Å². The molecule has 42 heavy (non-hydrogen) atoms. The minimum Gasteiger partial charge on any atom is -0.493 e. The first-order valence-electron chi connectivity index (χ1n) is 13.4. The third-order valence-electron chi connectivity index (χ3n) is 6.68. The van der Waals surface area contributed by atoms with Crippen LogP contribution >= 0.6 is 31.9 Å². The molecule has 1 heterocycles. The predicted molar refractivity (Wildman–Crippen MR) is 184 cm³/mol. The van der Waals surface area contributed by atoms with E-state index in [1.807, 2.05) is 66.7 Å². The molecule has 4 nitrogen and oxygen atoms in total. The van der Waals surface area contributed by atoms with Gasteiger partial charge in [-0.05, 0) is 104 Å². The molecule has 0 atom stereocenters. The third kappa shape index (κ3) is 6.96. The van der Waals surface area contributed by atoms with Crippen LogP contribution in [-0.4, -0.2) is 18.8 Å². The van der Waals surface area contributed by atoms with E-state index in [4.69, 9.17) is 9.47 Å². The summed E-state index contributed by atoms with van der Waals surface area (Å²) in [5.41, 5.74) is 7.80. The molecular formula is C36H30Br2N2O2. The van der Waals surface area contributed by atoms with Crippen LogP contribution in [0.3, 0.4) is 0 Å². The van der Waals surface area contributed by atoms with Crippen LogP contribution in [-0.2, 0) is 0 Å². The Morgan fingerprint density at radius 1 is 0.667 bits per heavy atom. The quantitative estimate of drug-likeness (QED) is 0.182. The van der Waals surface area contributed by atoms with Gasteiger partial charge in [-0.1, -0.05) is 72.8 Å². The average Bonchev–Trinajstić information content (AvgIpc) is 3.42. The van der Waals surface area contributed by atoms with Crippen LogP contribution in [0.4, 0.5) is 11.4 Å². The number of rotatable bonds is 7. The highest BCUT2D eigenvalue weighted by atomic mass is 79.9. The van der Waals surface area contributed by atoms with E-state index < -0.39 is 0 Å². The van der Waals surface area contributed by atoms with Crippen molar-refractivity contribution in [3.05, 3.63) is 142 Å². The first-order chi connectivity index (χ1) is 20.6. The first-order valence-corrected chi connectivity index (χ1v) is 15.0. The van der Waals surface area contributed by atoms with Gasteiger partial charge in [-0.3, -0.25) is 0 Å². The molecule has 5 aromatic carbocycles. The zero-order chi connectivity index (χ0) is 29.3. The Kier molecular flexibility index (Phi) is 9.80. The lowest BCUT2D eigenvalue weighted by Crippen LogP contribution is -1.97. The SMILES string of the molecule is BrC(Br)=Cc1ccccc1Nc1ccccc1.COc1ccc(-c2cc3ccccc3n2-c2ccccc2)cc1OC. The molecule has 0 fully saturated rings. The van der Waals surface area contributed by atoms with Crippen molar-refractivity contribution in [1.29, 1.82) is 0 Å². The molecule has 0 aliphatic rings. The Bertz CT molecular complexity index is 1790. The lowest BCUT2D eigenvalue weighted by Gasteiger charge is -2.13. The summed E-state index contributed by atoms with van der Waals surface area (Å²) in [5.74, 6) is 1.46. The van der Waals surface area contributed by atoms with E-state index in [0.29, 0.717) is 0 Å². The summed E-state index contributed by atoms with van der Waals surface area (Å²) in [6.07, 6.45) is 2.02. The summed E-state index contributed by atoms with van der Waals surface area (Å²) in [4.78, 5) is 0. The zero-order valence-corrected chi connectivity index (χ0v) is 26.5. The van der Waals surface area contributed by atoms with Crippen LogP contribution in [0.2, 0.25) is 0 Å². The van der Waals surface area contributed by atoms with E-state index in [1.54, 1.807) is 14.2 Å². The van der Waals surface area contributed by atoms with Gasteiger partial charge in [0.2, 0.25) is 0 Å². The lowest BCUT2D eigenvalue weighted by molar-refractivity contribution is 0.355. The fourth-order valence-corrected chi connectivity index (χ4v) is 5.24. The molecule has 0 saturated heterocycles. The van der Waals surface area contributed by atoms with Crippen molar-refractivity contribution in [3.8, 4) is 28.4 Å². The van der Waals surface area contributed by atoms with E-state index in [0.717, 1.165) is 48.8 Å². The fourth-order valence-electron chi connectivity index (χ4n) is 4.75. The highest BCUT2D eigenvalue weighted by Gasteiger charge is 2.14. The molecule has 0 spiro atoms. The van der Waals surface area contributed by atoms with E-state index in [-0.39, 0.29) is 0 Å². The largest absolute Gasteiger partial charge is 0.493 e. The van der Waals surface area contributed by atoms with Gasteiger partial charge in [0.1, 0.15) is 0 Å². The van der Waals surface area contributed by atoms with Crippen LogP contribution in [0, 0.1) is 0 Å². The van der Waals surface area contributed by atoms with Crippen molar-refractivity contribution in [1.82, 2.24) is 4.57 Å². The van der Waals surface area contributed by atoms with Crippen LogP contribution in [0.15, 0.2) is 137 Å². The van der Waals surface area contributed by atoms with Crippen molar-refractivity contribution >= 4 is 60.2 Å². The monoisotopic (exact) mass is 680 g/mol. The number of aromatic nitrogens is 1. The number of anilines is 2. The maximum atomic E-state index is 5.48. The number of halogens is 2. The summed E-state index contributed by atoms with van der Waals surface area (Å²) in [7, 11) is 3.31. The second-order valence-corrected chi connectivity index (χ2v) is 12.1. The molecule has 0 aliphatic heterocycles. The molecule has 210 valence electrons. The summed E-state index contributed by atoms with van der Waals surface area (Å²) in [6, 6.07) is 45.3. The Morgan fingerprint density at radius 2 is 1.31 bits per heavy atom. The Hall–Kier alpha value is -4.26. The van der Waals surface area contributed by atoms with Gasteiger partial charge in [0, 0.05) is 28.0 Å². The van der Waals surface area contributed by atoms with E-state index in [1.165, 1.54) is 10.9 Å². The van der Waals surface area contributed by atoms with Crippen LogP contribution in [0.25, 0.3) is 33.9 Å². The highest BCUT2D eigenvalue weighted by molar-refractivity contribution is 9.28. The van der Waals surface area contributed by atoms with Crippen molar-refractivity contribution < 1.29 is 9.47 Å². The molecule has 6 heteroatoms. The smallest absolute Gasteiger partial charge is 0.161 e. The fraction of sp³-hybridized carbons (Fsp3) is 0.0556. The van der Waals surface area contributed by atoms with Crippen molar-refractivity contribution in [2.24, 2.45) is 0 Å². The third-order valence-corrected chi connectivity index (χ3v) is 7.14. The van der Waals surface area contributed by atoms with Gasteiger partial charge < -0.3 is 19.4 Å². The van der Waals surface area contributed by atoms with Gasteiger partial charge in [0.15, 0.2) is 11.5 Å². The second kappa shape index (κ2) is 14.1. The maximum Gasteiger partial charge on any atom is 0.161 e. The van der Waals surface area contributed by atoms with Crippen LogP contribution in [0.5, 0.6) is 11.5 Å². The van der Waals surface area contributed by atoms with Crippen molar-refractivity contribution in [3.63, 3.8) is 0 Å². The average molecular weight is 682 g/mol. The van der Waals surface area contributed by atoms with E-state index in [9.17, 15) is 0 Å². The summed E-state index contributed by atoms with van der Waals surface area (Å²) in [5, 5.41) is 4.60. The standard InChI is InChI=1S/C22H19NO2.C14H11Br2N/c1-24-21-13-12-17(15-22(21)25-2)20-14-16-8-6-7-11-19(16)23(20)18-9-4-3-5-10-18;15-14(16)10-11-6-4-5-9-13(11)17-12-7-2-1-3-8-12/h3-15H,1-2H3;1-10,17H. The number of hydrogen-bond donors (Lipinski definition) is 1. The molecule has 0 aliphatic carbocycles. The molecule has 6 rings (SSSR count). The molecule has 6 aromatic rings. The van der Waals surface area contributed by atoms with Crippen LogP contribution < -0.4 is 14.8 Å². The highest BCUT2D eigenvalue weighted by Crippen LogP contribution is 2.36.